The molecule has 18 heavy (non-hydrogen) atoms. The maximum absolute atomic E-state index is 12.3. The Kier molecular flexibility index (Phi) is 2.93. The largest absolute Gasteiger partial charge is 0.486 e. The molecule has 5 nitrogen and oxygen atoms in total. The van der Waals surface area contributed by atoms with Crippen LogP contribution < -0.4 is 15.2 Å². The van der Waals surface area contributed by atoms with Crippen LogP contribution in [-0.2, 0) is 4.74 Å². The molecule has 1 aromatic carbocycles. The molecule has 0 aliphatic carbocycles. The van der Waals surface area contributed by atoms with Crippen molar-refractivity contribution in [1.29, 1.82) is 0 Å². The van der Waals surface area contributed by atoms with Gasteiger partial charge in [0.15, 0.2) is 17.3 Å². The van der Waals surface area contributed by atoms with Crippen molar-refractivity contribution in [3.8, 4) is 11.5 Å². The molecule has 5 heteroatoms. The van der Waals surface area contributed by atoms with Gasteiger partial charge in [0.2, 0.25) is 0 Å². The van der Waals surface area contributed by atoms with Crippen molar-refractivity contribution in [2.24, 2.45) is 11.7 Å². The number of hydrogen-bond acceptors (Lipinski definition) is 5. The number of ether oxygens (including phenoxy) is 3. The Labute approximate surface area is 105 Å². The SMILES string of the molecule is NC1COCC1C(=O)c1ccc2c(c1)OCCO2. The first-order valence-corrected chi connectivity index (χ1v) is 6.03. The maximum Gasteiger partial charge on any atom is 0.170 e. The third-order valence-corrected chi connectivity index (χ3v) is 3.29. The number of rotatable bonds is 2. The summed E-state index contributed by atoms with van der Waals surface area (Å²) < 4.78 is 16.1. The predicted molar refractivity (Wildman–Crippen MR) is 64.0 cm³/mol. The molecule has 2 unspecified atom stereocenters. The summed E-state index contributed by atoms with van der Waals surface area (Å²) in [4.78, 5) is 12.3. The van der Waals surface area contributed by atoms with Gasteiger partial charge in [0.1, 0.15) is 13.2 Å². The van der Waals surface area contributed by atoms with E-state index in [1.54, 1.807) is 18.2 Å². The lowest BCUT2D eigenvalue weighted by atomic mass is 9.93. The normalized spacial score (nSPS) is 26.1. The minimum atomic E-state index is -0.257. The zero-order chi connectivity index (χ0) is 12.5. The van der Waals surface area contributed by atoms with E-state index in [2.05, 4.69) is 0 Å². The second-order valence-corrected chi connectivity index (χ2v) is 4.53. The third kappa shape index (κ3) is 1.95. The molecule has 2 N–H and O–H groups in total. The number of carbonyl (C=O) groups excluding carboxylic acids is 1. The van der Waals surface area contributed by atoms with Gasteiger partial charge in [-0.1, -0.05) is 0 Å². The quantitative estimate of drug-likeness (QED) is 0.778. The van der Waals surface area contributed by atoms with Crippen LogP contribution in [0, 0.1) is 5.92 Å². The monoisotopic (exact) mass is 249 g/mol. The van der Waals surface area contributed by atoms with E-state index in [0.29, 0.717) is 43.5 Å². The van der Waals surface area contributed by atoms with E-state index in [9.17, 15) is 4.79 Å². The van der Waals surface area contributed by atoms with Crippen molar-refractivity contribution in [2.75, 3.05) is 26.4 Å². The topological polar surface area (TPSA) is 70.8 Å². The molecule has 1 fully saturated rings. The molecule has 1 saturated heterocycles. The Morgan fingerprint density at radius 2 is 1.94 bits per heavy atom. The number of hydrogen-bond donors (Lipinski definition) is 1. The molecule has 2 heterocycles. The summed E-state index contributed by atoms with van der Waals surface area (Å²) in [7, 11) is 0. The van der Waals surface area contributed by atoms with E-state index in [-0.39, 0.29) is 17.7 Å². The number of ketones is 1. The molecule has 1 aromatic rings. The summed E-state index contributed by atoms with van der Waals surface area (Å²) in [5, 5.41) is 0. The van der Waals surface area contributed by atoms with Crippen molar-refractivity contribution >= 4 is 5.78 Å². The Morgan fingerprint density at radius 1 is 1.17 bits per heavy atom. The molecule has 0 amide bonds. The van der Waals surface area contributed by atoms with Crippen molar-refractivity contribution in [2.45, 2.75) is 6.04 Å². The maximum atomic E-state index is 12.3. The zero-order valence-corrected chi connectivity index (χ0v) is 9.93. The summed E-state index contributed by atoms with van der Waals surface area (Å²) in [6.07, 6.45) is 0. The fourth-order valence-electron chi connectivity index (χ4n) is 2.25. The van der Waals surface area contributed by atoms with Gasteiger partial charge >= 0.3 is 0 Å². The van der Waals surface area contributed by atoms with E-state index < -0.39 is 0 Å². The first-order chi connectivity index (χ1) is 8.75. The van der Waals surface area contributed by atoms with E-state index in [4.69, 9.17) is 19.9 Å². The minimum absolute atomic E-state index is 0.0111. The zero-order valence-electron chi connectivity index (χ0n) is 9.93. The highest BCUT2D eigenvalue weighted by atomic mass is 16.6. The lowest BCUT2D eigenvalue weighted by Gasteiger charge is -2.19. The van der Waals surface area contributed by atoms with E-state index in [1.165, 1.54) is 0 Å². The molecule has 0 radical (unpaired) electrons. The lowest BCUT2D eigenvalue weighted by molar-refractivity contribution is 0.0895. The second-order valence-electron chi connectivity index (χ2n) is 4.53. The number of fused-ring (bicyclic) bond motifs is 1. The van der Waals surface area contributed by atoms with Crippen LogP contribution in [0.5, 0.6) is 11.5 Å². The van der Waals surface area contributed by atoms with E-state index >= 15 is 0 Å². The van der Waals surface area contributed by atoms with Crippen LogP contribution in [0.25, 0.3) is 0 Å². The molecular formula is C13H15NO4. The van der Waals surface area contributed by atoms with Gasteiger partial charge in [-0.25, -0.2) is 0 Å². The first kappa shape index (κ1) is 11.5. The van der Waals surface area contributed by atoms with Crippen LogP contribution in [0.3, 0.4) is 0 Å². The standard InChI is InChI=1S/C13H15NO4/c14-10-7-16-6-9(10)13(15)8-1-2-11-12(5-8)18-4-3-17-11/h1-2,5,9-10H,3-4,6-7,14H2. The van der Waals surface area contributed by atoms with Crippen LogP contribution >= 0.6 is 0 Å². The number of carbonyl (C=O) groups is 1. The van der Waals surface area contributed by atoms with Crippen LogP contribution in [0.1, 0.15) is 10.4 Å². The minimum Gasteiger partial charge on any atom is -0.486 e. The lowest BCUT2D eigenvalue weighted by Crippen LogP contribution is -2.34. The number of Topliss-reactive ketones (excluding diaryl/α,β-unsaturated/α-hetero) is 1. The second kappa shape index (κ2) is 4.59. The van der Waals surface area contributed by atoms with Gasteiger partial charge in [0, 0.05) is 11.6 Å². The molecule has 0 aromatic heterocycles. The van der Waals surface area contributed by atoms with Gasteiger partial charge in [-0.15, -0.1) is 0 Å². The number of nitrogens with two attached hydrogens (primary N) is 1. The summed E-state index contributed by atoms with van der Waals surface area (Å²) >= 11 is 0. The summed E-state index contributed by atoms with van der Waals surface area (Å²) in [6.45, 7) is 1.90. The van der Waals surface area contributed by atoms with Gasteiger partial charge in [-0.05, 0) is 18.2 Å². The molecule has 0 bridgehead atoms. The van der Waals surface area contributed by atoms with Crippen molar-refractivity contribution in [3.63, 3.8) is 0 Å². The highest BCUT2D eigenvalue weighted by Crippen LogP contribution is 2.32. The summed E-state index contributed by atoms with van der Waals surface area (Å²) in [6, 6.07) is 5.02. The van der Waals surface area contributed by atoms with E-state index in [0.717, 1.165) is 0 Å². The summed E-state index contributed by atoms with van der Waals surface area (Å²) in [5.74, 6) is 1.06. The van der Waals surface area contributed by atoms with Crippen molar-refractivity contribution in [3.05, 3.63) is 23.8 Å². The summed E-state index contributed by atoms with van der Waals surface area (Å²) in [5.41, 5.74) is 6.46. The van der Waals surface area contributed by atoms with Gasteiger partial charge in [0.05, 0.1) is 19.1 Å². The smallest absolute Gasteiger partial charge is 0.170 e. The first-order valence-electron chi connectivity index (χ1n) is 6.03. The van der Waals surface area contributed by atoms with Crippen LogP contribution in [0.4, 0.5) is 0 Å². The number of benzene rings is 1. The molecule has 3 rings (SSSR count). The van der Waals surface area contributed by atoms with Crippen LogP contribution in [0.15, 0.2) is 18.2 Å². The molecule has 2 atom stereocenters. The molecule has 2 aliphatic heterocycles. The Morgan fingerprint density at radius 3 is 2.67 bits per heavy atom. The predicted octanol–water partition coefficient (Wildman–Crippen LogP) is 0.614. The fraction of sp³-hybridized carbons (Fsp3) is 0.462. The molecule has 96 valence electrons. The van der Waals surface area contributed by atoms with Crippen LogP contribution in [-0.4, -0.2) is 38.3 Å². The fourth-order valence-corrected chi connectivity index (χ4v) is 2.25. The van der Waals surface area contributed by atoms with E-state index in [1.807, 2.05) is 0 Å². The van der Waals surface area contributed by atoms with Gasteiger partial charge in [0.25, 0.3) is 0 Å². The average molecular weight is 249 g/mol. The molecule has 2 aliphatic rings. The highest BCUT2D eigenvalue weighted by Gasteiger charge is 2.32. The Hall–Kier alpha value is -1.59. The van der Waals surface area contributed by atoms with Crippen molar-refractivity contribution in [1.82, 2.24) is 0 Å². The Balaban J connectivity index is 1.85. The van der Waals surface area contributed by atoms with Gasteiger partial charge < -0.3 is 19.9 Å². The van der Waals surface area contributed by atoms with Gasteiger partial charge in [-0.2, -0.15) is 0 Å². The molecular weight excluding hydrogens is 234 g/mol. The Bertz CT molecular complexity index is 474. The molecule has 0 spiro atoms. The van der Waals surface area contributed by atoms with Gasteiger partial charge in [-0.3, -0.25) is 4.79 Å². The average Bonchev–Trinajstić information content (AvgIpc) is 2.83. The third-order valence-electron chi connectivity index (χ3n) is 3.29. The highest BCUT2D eigenvalue weighted by molar-refractivity contribution is 5.99. The van der Waals surface area contributed by atoms with Crippen molar-refractivity contribution < 1.29 is 19.0 Å². The van der Waals surface area contributed by atoms with Crippen LogP contribution in [0.2, 0.25) is 0 Å². The molecule has 0 saturated carbocycles.